The summed E-state index contributed by atoms with van der Waals surface area (Å²) in [4.78, 5) is 19.8. The minimum Gasteiger partial charge on any atom is -0.372 e. The van der Waals surface area contributed by atoms with Crippen LogP contribution in [0.5, 0.6) is 0 Å². The zero-order valence-corrected chi connectivity index (χ0v) is 19.8. The van der Waals surface area contributed by atoms with E-state index in [1.807, 2.05) is 31.2 Å². The van der Waals surface area contributed by atoms with E-state index in [1.54, 1.807) is 24.4 Å². The molecule has 1 aliphatic heterocycles. The molecule has 0 bridgehead atoms. The van der Waals surface area contributed by atoms with E-state index >= 15 is 0 Å². The monoisotopic (exact) mass is 457 g/mol. The van der Waals surface area contributed by atoms with Crippen molar-refractivity contribution in [1.82, 2.24) is 4.98 Å². The lowest BCUT2D eigenvalue weighted by atomic mass is 10.1. The molecule has 4 rings (SSSR count). The topological polar surface area (TPSA) is 62.6 Å². The first kappa shape index (κ1) is 22.8. The van der Waals surface area contributed by atoms with E-state index in [-0.39, 0.29) is 5.56 Å². The Morgan fingerprint density at radius 1 is 0.970 bits per heavy atom. The SMILES string of the molecule is Cc1cccc(S(C)(=O)=NC(=O)c2cncc(C#Cc3ccc(N4CCCCC4)cc3)c2)c1. The smallest absolute Gasteiger partial charge is 0.286 e. The van der Waals surface area contributed by atoms with Crippen molar-refractivity contribution in [2.24, 2.45) is 4.36 Å². The maximum atomic E-state index is 13.0. The van der Waals surface area contributed by atoms with E-state index < -0.39 is 15.6 Å². The van der Waals surface area contributed by atoms with Crippen LogP contribution in [0.25, 0.3) is 0 Å². The molecular formula is C27H27N3O2S. The van der Waals surface area contributed by atoms with Gasteiger partial charge in [0.1, 0.15) is 0 Å². The van der Waals surface area contributed by atoms with Crippen LogP contribution < -0.4 is 4.90 Å². The van der Waals surface area contributed by atoms with Crippen LogP contribution in [0.15, 0.2) is 76.2 Å². The highest BCUT2D eigenvalue weighted by Crippen LogP contribution is 2.20. The van der Waals surface area contributed by atoms with E-state index in [2.05, 4.69) is 38.2 Å². The Labute approximate surface area is 196 Å². The number of nitrogens with zero attached hydrogens (tertiary/aromatic N) is 3. The normalized spacial score (nSPS) is 15.2. The number of carbonyl (C=O) groups excluding carboxylic acids is 1. The van der Waals surface area contributed by atoms with E-state index in [0.717, 1.165) is 24.2 Å². The van der Waals surface area contributed by atoms with Crippen molar-refractivity contribution >= 4 is 21.3 Å². The van der Waals surface area contributed by atoms with Gasteiger partial charge in [-0.2, -0.15) is 4.36 Å². The second-order valence-corrected chi connectivity index (χ2v) is 10.6. The molecule has 2 aromatic carbocycles. The van der Waals surface area contributed by atoms with Gasteiger partial charge < -0.3 is 4.90 Å². The second-order valence-electron chi connectivity index (χ2n) is 8.32. The van der Waals surface area contributed by atoms with Crippen LogP contribution in [0.1, 0.15) is 46.3 Å². The molecule has 1 amide bonds. The van der Waals surface area contributed by atoms with Crippen LogP contribution in [0.3, 0.4) is 0 Å². The maximum absolute atomic E-state index is 13.0. The van der Waals surface area contributed by atoms with E-state index in [9.17, 15) is 9.00 Å². The van der Waals surface area contributed by atoms with Gasteiger partial charge in [0, 0.05) is 53.4 Å². The van der Waals surface area contributed by atoms with Gasteiger partial charge >= 0.3 is 0 Å². The zero-order valence-electron chi connectivity index (χ0n) is 19.0. The summed E-state index contributed by atoms with van der Waals surface area (Å²) < 4.78 is 17.0. The lowest BCUT2D eigenvalue weighted by molar-refractivity contribution is 0.100. The number of piperidine rings is 1. The number of rotatable bonds is 3. The van der Waals surface area contributed by atoms with Crippen molar-refractivity contribution in [2.45, 2.75) is 31.1 Å². The first-order valence-corrected chi connectivity index (χ1v) is 13.0. The molecule has 33 heavy (non-hydrogen) atoms. The quantitative estimate of drug-likeness (QED) is 0.515. The molecule has 3 aromatic rings. The molecule has 0 aliphatic carbocycles. The molecule has 0 spiro atoms. The second kappa shape index (κ2) is 10.0. The number of benzene rings is 2. The van der Waals surface area contributed by atoms with Crippen LogP contribution in [-0.2, 0) is 9.73 Å². The average molecular weight is 458 g/mol. The van der Waals surface area contributed by atoms with Gasteiger partial charge in [0.2, 0.25) is 0 Å². The van der Waals surface area contributed by atoms with Crippen molar-refractivity contribution in [3.63, 3.8) is 0 Å². The number of aromatic nitrogens is 1. The summed E-state index contributed by atoms with van der Waals surface area (Å²) in [6.45, 7) is 4.13. The Bertz CT molecular complexity index is 1340. The Balaban J connectivity index is 1.51. The van der Waals surface area contributed by atoms with Gasteiger partial charge in [0.05, 0.1) is 15.3 Å². The summed E-state index contributed by atoms with van der Waals surface area (Å²) in [5, 5.41) is 0. The third-order valence-electron chi connectivity index (χ3n) is 5.61. The molecule has 0 saturated carbocycles. The van der Waals surface area contributed by atoms with Crippen molar-refractivity contribution < 1.29 is 9.00 Å². The van der Waals surface area contributed by atoms with Crippen molar-refractivity contribution in [3.8, 4) is 11.8 Å². The van der Waals surface area contributed by atoms with Gasteiger partial charge in [-0.15, -0.1) is 0 Å². The first-order chi connectivity index (χ1) is 15.9. The minimum atomic E-state index is -2.85. The molecule has 1 unspecified atom stereocenters. The average Bonchev–Trinajstić information content (AvgIpc) is 2.83. The fraction of sp³-hybridized carbons (Fsp3) is 0.259. The summed E-state index contributed by atoms with van der Waals surface area (Å²) >= 11 is 0. The Kier molecular flexibility index (Phi) is 6.90. The number of amides is 1. The molecule has 2 heterocycles. The molecule has 0 radical (unpaired) electrons. The molecule has 6 heteroatoms. The summed E-state index contributed by atoms with van der Waals surface area (Å²) in [6, 6.07) is 17.1. The van der Waals surface area contributed by atoms with Crippen molar-refractivity contribution in [3.05, 3.63) is 89.2 Å². The first-order valence-electron chi connectivity index (χ1n) is 11.1. The molecule has 168 valence electrons. The van der Waals surface area contributed by atoms with Gasteiger partial charge in [0.15, 0.2) is 0 Å². The third kappa shape index (κ3) is 5.88. The van der Waals surface area contributed by atoms with Gasteiger partial charge in [-0.05, 0) is 74.2 Å². The molecule has 1 saturated heterocycles. The number of anilines is 1. The molecule has 1 aromatic heterocycles. The van der Waals surface area contributed by atoms with Crippen LogP contribution in [0, 0.1) is 18.8 Å². The van der Waals surface area contributed by atoms with E-state index in [1.165, 1.54) is 37.4 Å². The van der Waals surface area contributed by atoms with Crippen LogP contribution in [0.4, 0.5) is 5.69 Å². The zero-order chi connectivity index (χ0) is 23.3. The number of pyridine rings is 1. The molecule has 0 N–H and O–H groups in total. The Morgan fingerprint density at radius 3 is 2.42 bits per heavy atom. The predicted octanol–water partition coefficient (Wildman–Crippen LogP) is 5.08. The van der Waals surface area contributed by atoms with E-state index in [0.29, 0.717) is 10.5 Å². The molecule has 1 aliphatic rings. The largest absolute Gasteiger partial charge is 0.372 e. The maximum Gasteiger partial charge on any atom is 0.286 e. The lowest BCUT2D eigenvalue weighted by Gasteiger charge is -2.28. The number of aryl methyl sites for hydroxylation is 1. The minimum absolute atomic E-state index is 0.268. The highest BCUT2D eigenvalue weighted by molar-refractivity contribution is 7.93. The third-order valence-corrected chi connectivity index (χ3v) is 7.25. The number of carbonyl (C=O) groups is 1. The number of hydrogen-bond donors (Lipinski definition) is 0. The van der Waals surface area contributed by atoms with Gasteiger partial charge in [-0.1, -0.05) is 24.0 Å². The fourth-order valence-corrected chi connectivity index (χ4v) is 5.05. The molecular weight excluding hydrogens is 430 g/mol. The van der Waals surface area contributed by atoms with Crippen LogP contribution in [-0.4, -0.2) is 34.4 Å². The highest BCUT2D eigenvalue weighted by Gasteiger charge is 2.13. The fourth-order valence-electron chi connectivity index (χ4n) is 3.79. The number of hydrogen-bond acceptors (Lipinski definition) is 4. The van der Waals surface area contributed by atoms with Crippen molar-refractivity contribution in [2.75, 3.05) is 24.2 Å². The van der Waals surface area contributed by atoms with Crippen LogP contribution >= 0.6 is 0 Å². The van der Waals surface area contributed by atoms with E-state index in [4.69, 9.17) is 0 Å². The summed E-state index contributed by atoms with van der Waals surface area (Å²) in [5.41, 5.74) is 3.97. The van der Waals surface area contributed by atoms with Crippen LogP contribution in [0.2, 0.25) is 0 Å². The Morgan fingerprint density at radius 2 is 1.70 bits per heavy atom. The highest BCUT2D eigenvalue weighted by atomic mass is 32.2. The van der Waals surface area contributed by atoms with Gasteiger partial charge in [-0.3, -0.25) is 9.78 Å². The molecule has 5 nitrogen and oxygen atoms in total. The van der Waals surface area contributed by atoms with Gasteiger partial charge in [-0.25, -0.2) is 4.21 Å². The van der Waals surface area contributed by atoms with Crippen molar-refractivity contribution in [1.29, 1.82) is 0 Å². The molecule has 1 fully saturated rings. The van der Waals surface area contributed by atoms with Gasteiger partial charge in [0.25, 0.3) is 5.91 Å². The standard InChI is InChI=1S/C27H27N3O2S/c1-21-7-6-8-26(17-21)33(2,32)29-27(31)24-18-23(19-28-20-24)10-9-22-11-13-25(14-12-22)30-15-4-3-5-16-30/h6-8,11-14,17-20H,3-5,15-16H2,1-2H3. The predicted molar refractivity (Wildman–Crippen MR) is 133 cm³/mol. The summed E-state index contributed by atoms with van der Waals surface area (Å²) in [6.07, 6.45) is 8.31. The lowest BCUT2D eigenvalue weighted by Crippen LogP contribution is -2.29. The summed E-state index contributed by atoms with van der Waals surface area (Å²) in [7, 11) is -2.85. The summed E-state index contributed by atoms with van der Waals surface area (Å²) in [5.74, 6) is 5.63. The molecule has 1 atom stereocenters. The Hall–Kier alpha value is -3.43.